The standard InChI is InChI=1S/C8H9N3.C3H8/c1-2-11-8-6-9-4-3-7(8)5-10-11;1-3-2/h3-6H,2H2,1H3;3H2,1-2H3. The average molecular weight is 191 g/mol. The number of hydrogen-bond acceptors (Lipinski definition) is 2. The van der Waals surface area contributed by atoms with E-state index in [4.69, 9.17) is 0 Å². The van der Waals surface area contributed by atoms with Crippen molar-refractivity contribution in [1.29, 1.82) is 0 Å². The maximum atomic E-state index is 4.19. The van der Waals surface area contributed by atoms with Crippen molar-refractivity contribution in [2.45, 2.75) is 33.7 Å². The Hall–Kier alpha value is -1.38. The molecule has 2 heterocycles. The summed E-state index contributed by atoms with van der Waals surface area (Å²) in [6.07, 6.45) is 6.73. The third-order valence-corrected chi connectivity index (χ3v) is 1.75. The monoisotopic (exact) mass is 191 g/mol. The summed E-state index contributed by atoms with van der Waals surface area (Å²) < 4.78 is 1.93. The highest BCUT2D eigenvalue weighted by atomic mass is 15.3. The van der Waals surface area contributed by atoms with Gasteiger partial charge in [-0.15, -0.1) is 0 Å². The van der Waals surface area contributed by atoms with Gasteiger partial charge in [0.15, 0.2) is 0 Å². The molecule has 2 aromatic rings. The van der Waals surface area contributed by atoms with Crippen LogP contribution in [0.4, 0.5) is 0 Å². The molecule has 0 saturated heterocycles. The smallest absolute Gasteiger partial charge is 0.0865 e. The number of nitrogens with zero attached hydrogens (tertiary/aromatic N) is 3. The molecule has 0 aliphatic rings. The largest absolute Gasteiger partial charge is 0.264 e. The zero-order valence-corrected chi connectivity index (χ0v) is 9.07. The summed E-state index contributed by atoms with van der Waals surface area (Å²) in [4.78, 5) is 4.03. The molecule has 0 N–H and O–H groups in total. The van der Waals surface area contributed by atoms with E-state index in [2.05, 4.69) is 30.9 Å². The Morgan fingerprint density at radius 3 is 2.57 bits per heavy atom. The molecule has 0 bridgehead atoms. The van der Waals surface area contributed by atoms with Crippen molar-refractivity contribution in [2.24, 2.45) is 0 Å². The average Bonchev–Trinajstić information content (AvgIpc) is 2.62. The molecule has 0 amide bonds. The van der Waals surface area contributed by atoms with Crippen molar-refractivity contribution >= 4 is 10.9 Å². The molecule has 0 atom stereocenters. The van der Waals surface area contributed by atoms with Crippen LogP contribution < -0.4 is 0 Å². The third kappa shape index (κ3) is 2.31. The molecule has 0 unspecified atom stereocenters. The normalized spacial score (nSPS) is 9.64. The van der Waals surface area contributed by atoms with E-state index in [0.29, 0.717) is 0 Å². The first-order valence-corrected chi connectivity index (χ1v) is 5.09. The van der Waals surface area contributed by atoms with E-state index >= 15 is 0 Å². The molecule has 0 spiro atoms. The molecule has 3 nitrogen and oxygen atoms in total. The van der Waals surface area contributed by atoms with Crippen LogP contribution in [0, 0.1) is 0 Å². The van der Waals surface area contributed by atoms with E-state index in [1.807, 2.05) is 23.1 Å². The summed E-state index contributed by atoms with van der Waals surface area (Å²) in [5.74, 6) is 0. The second kappa shape index (κ2) is 5.37. The lowest BCUT2D eigenvalue weighted by molar-refractivity contribution is 0.683. The van der Waals surface area contributed by atoms with Crippen molar-refractivity contribution in [3.63, 3.8) is 0 Å². The summed E-state index contributed by atoms with van der Waals surface area (Å²) in [5, 5.41) is 5.34. The first-order valence-electron chi connectivity index (χ1n) is 5.09. The van der Waals surface area contributed by atoms with Crippen LogP contribution >= 0.6 is 0 Å². The van der Waals surface area contributed by atoms with Gasteiger partial charge in [-0.2, -0.15) is 5.10 Å². The van der Waals surface area contributed by atoms with Gasteiger partial charge in [-0.3, -0.25) is 9.67 Å². The van der Waals surface area contributed by atoms with E-state index in [1.54, 1.807) is 6.20 Å². The fourth-order valence-corrected chi connectivity index (χ4v) is 1.17. The molecule has 0 aliphatic carbocycles. The SMILES string of the molecule is CCC.CCn1ncc2ccncc21. The highest BCUT2D eigenvalue weighted by molar-refractivity contribution is 5.77. The molecule has 0 fully saturated rings. The summed E-state index contributed by atoms with van der Waals surface area (Å²) in [6.45, 7) is 7.22. The van der Waals surface area contributed by atoms with Gasteiger partial charge >= 0.3 is 0 Å². The van der Waals surface area contributed by atoms with Crippen LogP contribution in [-0.4, -0.2) is 14.8 Å². The predicted molar refractivity (Wildman–Crippen MR) is 59.2 cm³/mol. The van der Waals surface area contributed by atoms with Crippen molar-refractivity contribution in [1.82, 2.24) is 14.8 Å². The Bertz CT molecular complexity index is 379. The lowest BCUT2D eigenvalue weighted by Crippen LogP contribution is -1.94. The van der Waals surface area contributed by atoms with Crippen LogP contribution in [0.3, 0.4) is 0 Å². The molecule has 0 aliphatic heterocycles. The van der Waals surface area contributed by atoms with Crippen molar-refractivity contribution in [2.75, 3.05) is 0 Å². The minimum absolute atomic E-state index is 0.898. The van der Waals surface area contributed by atoms with Gasteiger partial charge in [0.1, 0.15) is 0 Å². The molecule has 0 aromatic carbocycles. The van der Waals surface area contributed by atoms with Crippen LogP contribution in [0.1, 0.15) is 27.2 Å². The zero-order chi connectivity index (χ0) is 10.4. The summed E-state index contributed by atoms with van der Waals surface area (Å²) in [7, 11) is 0. The molecule has 14 heavy (non-hydrogen) atoms. The van der Waals surface area contributed by atoms with Crippen molar-refractivity contribution < 1.29 is 0 Å². The maximum absolute atomic E-state index is 4.19. The zero-order valence-electron chi connectivity index (χ0n) is 9.07. The van der Waals surface area contributed by atoms with E-state index in [-0.39, 0.29) is 0 Å². The Labute approximate surface area is 84.8 Å². The molecule has 2 aromatic heterocycles. The van der Waals surface area contributed by atoms with Crippen LogP contribution in [0.15, 0.2) is 24.7 Å². The van der Waals surface area contributed by atoms with Gasteiger partial charge in [0.2, 0.25) is 0 Å². The molecule has 2 rings (SSSR count). The fraction of sp³-hybridized carbons (Fsp3) is 0.455. The van der Waals surface area contributed by atoms with Crippen molar-refractivity contribution in [3.05, 3.63) is 24.7 Å². The second-order valence-corrected chi connectivity index (χ2v) is 3.10. The Morgan fingerprint density at radius 2 is 1.93 bits per heavy atom. The number of fused-ring (bicyclic) bond motifs is 1. The van der Waals surface area contributed by atoms with Gasteiger partial charge in [-0.25, -0.2) is 0 Å². The Balaban J connectivity index is 0.000000293. The fourth-order valence-electron chi connectivity index (χ4n) is 1.17. The topological polar surface area (TPSA) is 30.7 Å². The predicted octanol–water partition coefficient (Wildman–Crippen LogP) is 2.87. The van der Waals surface area contributed by atoms with E-state index in [0.717, 1.165) is 17.4 Å². The lowest BCUT2D eigenvalue weighted by Gasteiger charge is -1.95. The number of hydrogen-bond donors (Lipinski definition) is 0. The van der Waals surface area contributed by atoms with Crippen molar-refractivity contribution in [3.8, 4) is 0 Å². The van der Waals surface area contributed by atoms with Crippen LogP contribution in [-0.2, 0) is 6.54 Å². The number of aromatic nitrogens is 3. The quantitative estimate of drug-likeness (QED) is 0.694. The minimum atomic E-state index is 0.898. The van der Waals surface area contributed by atoms with E-state index in [9.17, 15) is 0 Å². The van der Waals surface area contributed by atoms with E-state index in [1.165, 1.54) is 6.42 Å². The summed E-state index contributed by atoms with van der Waals surface area (Å²) in [5.41, 5.74) is 1.11. The summed E-state index contributed by atoms with van der Waals surface area (Å²) in [6, 6.07) is 1.97. The van der Waals surface area contributed by atoms with E-state index < -0.39 is 0 Å². The number of rotatable bonds is 1. The minimum Gasteiger partial charge on any atom is -0.264 e. The van der Waals surface area contributed by atoms with Gasteiger partial charge in [0.25, 0.3) is 0 Å². The Kier molecular flexibility index (Phi) is 4.11. The molecule has 76 valence electrons. The molecule has 0 saturated carbocycles. The first kappa shape index (κ1) is 10.7. The Morgan fingerprint density at radius 1 is 1.21 bits per heavy atom. The highest BCUT2D eigenvalue weighted by Crippen LogP contribution is 2.09. The van der Waals surface area contributed by atoms with Crippen LogP contribution in [0.2, 0.25) is 0 Å². The maximum Gasteiger partial charge on any atom is 0.0865 e. The van der Waals surface area contributed by atoms with Gasteiger partial charge in [0, 0.05) is 18.1 Å². The van der Waals surface area contributed by atoms with Gasteiger partial charge < -0.3 is 0 Å². The van der Waals surface area contributed by atoms with Crippen LogP contribution in [0.25, 0.3) is 10.9 Å². The van der Waals surface area contributed by atoms with Gasteiger partial charge in [0.05, 0.1) is 17.9 Å². The molecule has 0 radical (unpaired) electrons. The number of pyridine rings is 1. The lowest BCUT2D eigenvalue weighted by atomic mass is 10.3. The highest BCUT2D eigenvalue weighted by Gasteiger charge is 1.97. The number of aryl methyl sites for hydroxylation is 1. The summed E-state index contributed by atoms with van der Waals surface area (Å²) >= 11 is 0. The second-order valence-electron chi connectivity index (χ2n) is 3.10. The molecular formula is C11H17N3. The first-order chi connectivity index (χ1) is 6.83. The van der Waals surface area contributed by atoms with Crippen LogP contribution in [0.5, 0.6) is 0 Å². The molecular weight excluding hydrogens is 174 g/mol. The molecule has 3 heteroatoms. The third-order valence-electron chi connectivity index (χ3n) is 1.75. The van der Waals surface area contributed by atoms with Gasteiger partial charge in [-0.05, 0) is 13.0 Å². The van der Waals surface area contributed by atoms with Gasteiger partial charge in [-0.1, -0.05) is 20.3 Å².